The van der Waals surface area contributed by atoms with Gasteiger partial charge in [0.15, 0.2) is 0 Å². The maximum absolute atomic E-state index is 10.3. The number of hydrogen-bond acceptors (Lipinski definition) is 3. The van der Waals surface area contributed by atoms with E-state index in [1.54, 1.807) is 7.11 Å². The molecule has 1 atom stereocenters. The van der Waals surface area contributed by atoms with Gasteiger partial charge >= 0.3 is 0 Å². The Balaban J connectivity index is 2.40. The van der Waals surface area contributed by atoms with Crippen LogP contribution in [0.3, 0.4) is 0 Å². The summed E-state index contributed by atoms with van der Waals surface area (Å²) >= 11 is 0. The van der Waals surface area contributed by atoms with E-state index in [0.717, 1.165) is 24.3 Å². The van der Waals surface area contributed by atoms with Crippen molar-refractivity contribution in [1.29, 1.82) is 0 Å². The van der Waals surface area contributed by atoms with Crippen LogP contribution in [0.2, 0.25) is 0 Å². The average Bonchev–Trinajstić information content (AvgIpc) is 2.36. The number of nitrogens with zero attached hydrogens (tertiary/aromatic N) is 1. The minimum absolute atomic E-state index is 0.407. The normalized spacial score (nSPS) is 20.0. The van der Waals surface area contributed by atoms with Gasteiger partial charge in [-0.1, -0.05) is 13.0 Å². The first-order valence-electron chi connectivity index (χ1n) is 6.68. The molecule has 0 amide bonds. The van der Waals surface area contributed by atoms with Gasteiger partial charge in [-0.2, -0.15) is 0 Å². The molecule has 0 spiro atoms. The summed E-state index contributed by atoms with van der Waals surface area (Å²) in [6, 6.07) is 4.66. The third-order valence-corrected chi connectivity index (χ3v) is 3.79. The molecule has 0 saturated carbocycles. The zero-order chi connectivity index (χ0) is 13.3. The van der Waals surface area contributed by atoms with Crippen LogP contribution < -0.4 is 4.74 Å². The number of fused-ring (bicyclic) bond motifs is 1. The lowest BCUT2D eigenvalue weighted by Gasteiger charge is -2.35. The van der Waals surface area contributed by atoms with E-state index < -0.39 is 6.10 Å². The Hall–Kier alpha value is -1.06. The number of hydrogen-bond donors (Lipinski definition) is 1. The molecule has 18 heavy (non-hydrogen) atoms. The van der Waals surface area contributed by atoms with E-state index in [0.29, 0.717) is 12.6 Å². The number of benzene rings is 1. The van der Waals surface area contributed by atoms with Crippen molar-refractivity contribution in [3.63, 3.8) is 0 Å². The van der Waals surface area contributed by atoms with Crippen molar-refractivity contribution in [3.05, 3.63) is 28.8 Å². The molecule has 1 N–H and O–H groups in total. The third-order valence-electron chi connectivity index (χ3n) is 3.79. The van der Waals surface area contributed by atoms with Gasteiger partial charge in [-0.3, -0.25) is 4.90 Å². The van der Waals surface area contributed by atoms with Gasteiger partial charge in [0, 0.05) is 19.1 Å². The largest absolute Gasteiger partial charge is 0.496 e. The van der Waals surface area contributed by atoms with Crippen LogP contribution in [0.1, 0.15) is 43.6 Å². The van der Waals surface area contributed by atoms with Gasteiger partial charge < -0.3 is 9.84 Å². The van der Waals surface area contributed by atoms with Gasteiger partial charge in [0.25, 0.3) is 0 Å². The fourth-order valence-corrected chi connectivity index (χ4v) is 2.60. The molecule has 3 nitrogen and oxygen atoms in total. The molecule has 2 rings (SSSR count). The summed E-state index contributed by atoms with van der Waals surface area (Å²) in [5.74, 6) is 0.897. The average molecular weight is 249 g/mol. The van der Waals surface area contributed by atoms with Gasteiger partial charge in [-0.15, -0.1) is 0 Å². The molecule has 0 radical (unpaired) electrons. The number of aliphatic hydroxyl groups excluding tert-OH is 1. The second kappa shape index (κ2) is 5.29. The Kier molecular flexibility index (Phi) is 3.93. The lowest BCUT2D eigenvalue weighted by molar-refractivity contribution is 0.0741. The minimum Gasteiger partial charge on any atom is -0.496 e. The molecule has 0 bridgehead atoms. The van der Waals surface area contributed by atoms with Crippen LogP contribution in [-0.2, 0) is 13.0 Å². The SMILES string of the molecule is CCc1cc2c(cc1OC)C(O)CN(C(C)C)C2. The Morgan fingerprint density at radius 2 is 2.17 bits per heavy atom. The van der Waals surface area contributed by atoms with Crippen molar-refractivity contribution in [2.75, 3.05) is 13.7 Å². The number of ether oxygens (including phenoxy) is 1. The smallest absolute Gasteiger partial charge is 0.122 e. The van der Waals surface area contributed by atoms with Gasteiger partial charge in [0.2, 0.25) is 0 Å². The van der Waals surface area contributed by atoms with Crippen LogP contribution >= 0.6 is 0 Å². The van der Waals surface area contributed by atoms with Gasteiger partial charge in [0.05, 0.1) is 13.2 Å². The highest BCUT2D eigenvalue weighted by molar-refractivity contribution is 5.45. The highest BCUT2D eigenvalue weighted by Crippen LogP contribution is 2.33. The van der Waals surface area contributed by atoms with Crippen LogP contribution in [0.15, 0.2) is 12.1 Å². The maximum Gasteiger partial charge on any atom is 0.122 e. The van der Waals surface area contributed by atoms with Crippen LogP contribution in [0, 0.1) is 0 Å². The van der Waals surface area contributed by atoms with E-state index >= 15 is 0 Å². The zero-order valence-electron chi connectivity index (χ0n) is 11.7. The molecule has 100 valence electrons. The van der Waals surface area contributed by atoms with Crippen LogP contribution in [0.4, 0.5) is 0 Å². The maximum atomic E-state index is 10.3. The van der Waals surface area contributed by atoms with E-state index in [2.05, 4.69) is 31.7 Å². The Morgan fingerprint density at radius 1 is 1.44 bits per heavy atom. The quantitative estimate of drug-likeness (QED) is 0.893. The van der Waals surface area contributed by atoms with Crippen molar-refractivity contribution < 1.29 is 9.84 Å². The summed E-state index contributed by atoms with van der Waals surface area (Å²) in [6.07, 6.45) is 0.546. The number of aryl methyl sites for hydroxylation is 1. The standard InChI is InChI=1S/C15H23NO2/c1-5-11-6-12-8-16(10(2)3)9-14(17)13(12)7-15(11)18-4/h6-7,10,14,17H,5,8-9H2,1-4H3. The highest BCUT2D eigenvalue weighted by Gasteiger charge is 2.26. The summed E-state index contributed by atoms with van der Waals surface area (Å²) in [5, 5.41) is 10.3. The first kappa shape index (κ1) is 13.4. The lowest BCUT2D eigenvalue weighted by atomic mass is 9.93. The first-order chi connectivity index (χ1) is 8.56. The zero-order valence-corrected chi connectivity index (χ0v) is 11.7. The van der Waals surface area contributed by atoms with E-state index in [1.807, 2.05) is 6.07 Å². The predicted octanol–water partition coefficient (Wildman–Crippen LogP) is 2.52. The molecular formula is C15H23NO2. The number of aliphatic hydroxyl groups is 1. The Labute approximate surface area is 109 Å². The predicted molar refractivity (Wildman–Crippen MR) is 72.9 cm³/mol. The number of methoxy groups -OCH3 is 1. The Morgan fingerprint density at radius 3 is 2.72 bits per heavy atom. The summed E-state index contributed by atoms with van der Waals surface area (Å²) in [6.45, 7) is 8.09. The molecule has 0 aliphatic carbocycles. The monoisotopic (exact) mass is 249 g/mol. The molecule has 1 aromatic rings. The lowest BCUT2D eigenvalue weighted by Crippen LogP contribution is -2.38. The summed E-state index contributed by atoms with van der Waals surface area (Å²) in [4.78, 5) is 2.30. The third kappa shape index (κ3) is 2.38. The molecule has 1 aliphatic heterocycles. The molecule has 0 aromatic heterocycles. The molecule has 1 aliphatic rings. The first-order valence-corrected chi connectivity index (χ1v) is 6.68. The molecular weight excluding hydrogens is 226 g/mol. The molecule has 0 saturated heterocycles. The summed E-state index contributed by atoms with van der Waals surface area (Å²) in [7, 11) is 1.69. The van der Waals surface area contributed by atoms with Crippen molar-refractivity contribution in [3.8, 4) is 5.75 Å². The van der Waals surface area contributed by atoms with Crippen molar-refractivity contribution in [1.82, 2.24) is 4.90 Å². The number of β-amino-alcohol motifs (C(OH)–C–C–N with tert-alkyl or cyclic N) is 1. The fraction of sp³-hybridized carbons (Fsp3) is 0.600. The topological polar surface area (TPSA) is 32.7 Å². The van der Waals surface area contributed by atoms with Gasteiger partial charge in [-0.25, -0.2) is 0 Å². The second-order valence-electron chi connectivity index (χ2n) is 5.26. The van der Waals surface area contributed by atoms with Crippen LogP contribution in [0.25, 0.3) is 0 Å². The second-order valence-corrected chi connectivity index (χ2v) is 5.26. The molecule has 3 heteroatoms. The minimum atomic E-state index is -0.407. The van der Waals surface area contributed by atoms with E-state index in [4.69, 9.17) is 4.74 Å². The van der Waals surface area contributed by atoms with E-state index in [9.17, 15) is 5.11 Å². The summed E-state index contributed by atoms with van der Waals surface area (Å²) in [5.41, 5.74) is 3.48. The van der Waals surface area contributed by atoms with E-state index in [1.165, 1.54) is 11.1 Å². The van der Waals surface area contributed by atoms with E-state index in [-0.39, 0.29) is 0 Å². The van der Waals surface area contributed by atoms with Crippen molar-refractivity contribution in [2.24, 2.45) is 0 Å². The fourth-order valence-electron chi connectivity index (χ4n) is 2.60. The van der Waals surface area contributed by atoms with Crippen LogP contribution in [-0.4, -0.2) is 29.7 Å². The van der Waals surface area contributed by atoms with Crippen molar-refractivity contribution >= 4 is 0 Å². The molecule has 0 fully saturated rings. The van der Waals surface area contributed by atoms with Crippen molar-refractivity contribution in [2.45, 2.75) is 45.9 Å². The summed E-state index contributed by atoms with van der Waals surface area (Å²) < 4.78 is 5.40. The molecule has 1 heterocycles. The number of rotatable bonds is 3. The van der Waals surface area contributed by atoms with Crippen LogP contribution in [0.5, 0.6) is 5.75 Å². The molecule has 1 aromatic carbocycles. The van der Waals surface area contributed by atoms with Gasteiger partial charge in [-0.05, 0) is 43.0 Å². The molecule has 1 unspecified atom stereocenters. The highest BCUT2D eigenvalue weighted by atomic mass is 16.5. The van der Waals surface area contributed by atoms with Gasteiger partial charge in [0.1, 0.15) is 5.75 Å². The Bertz CT molecular complexity index is 429.